The van der Waals surface area contributed by atoms with Gasteiger partial charge in [-0.2, -0.15) is 0 Å². The highest BCUT2D eigenvalue weighted by atomic mass is 79.9. The Hall–Kier alpha value is -0.420. The van der Waals surface area contributed by atoms with Crippen molar-refractivity contribution in [2.24, 2.45) is 5.92 Å². The van der Waals surface area contributed by atoms with Gasteiger partial charge in [-0.15, -0.1) is 0 Å². The zero-order chi connectivity index (χ0) is 13.0. The van der Waals surface area contributed by atoms with Crippen LogP contribution >= 0.6 is 31.9 Å². The molecule has 1 amide bonds. The van der Waals surface area contributed by atoms with E-state index in [1.54, 1.807) is 12.1 Å². The molecule has 1 aromatic carbocycles. The van der Waals surface area contributed by atoms with Crippen LogP contribution in [0.15, 0.2) is 22.7 Å². The zero-order valence-electron chi connectivity index (χ0n) is 9.64. The molecule has 0 saturated carbocycles. The van der Waals surface area contributed by atoms with E-state index in [1.165, 1.54) is 6.07 Å². The number of benzene rings is 1. The van der Waals surface area contributed by atoms with Crippen LogP contribution in [0, 0.1) is 11.7 Å². The van der Waals surface area contributed by atoms with E-state index >= 15 is 0 Å². The third-order valence-corrected chi connectivity index (χ3v) is 4.33. The van der Waals surface area contributed by atoms with E-state index < -0.39 is 11.7 Å². The highest BCUT2D eigenvalue weighted by Gasteiger charge is 2.19. The van der Waals surface area contributed by atoms with Crippen LogP contribution < -0.4 is 5.32 Å². The fourth-order valence-corrected chi connectivity index (χ4v) is 2.35. The summed E-state index contributed by atoms with van der Waals surface area (Å²) in [7, 11) is 0. The number of carbonyl (C=O) groups is 1. The molecular weight excluding hydrogens is 353 g/mol. The summed E-state index contributed by atoms with van der Waals surface area (Å²) >= 11 is 6.54. The molecule has 17 heavy (non-hydrogen) atoms. The molecule has 0 aliphatic heterocycles. The molecule has 1 N–H and O–H groups in total. The molecule has 2 nitrogen and oxygen atoms in total. The summed E-state index contributed by atoms with van der Waals surface area (Å²) in [6.07, 6.45) is 0. The molecule has 0 bridgehead atoms. The summed E-state index contributed by atoms with van der Waals surface area (Å²) in [5.41, 5.74) is 0.0566. The van der Waals surface area contributed by atoms with Gasteiger partial charge in [-0.1, -0.05) is 28.9 Å². The number of halogens is 3. The largest absolute Gasteiger partial charge is 0.349 e. The van der Waals surface area contributed by atoms with Gasteiger partial charge in [0.25, 0.3) is 5.91 Å². The Morgan fingerprint density at radius 3 is 2.65 bits per heavy atom. The Morgan fingerprint density at radius 1 is 1.47 bits per heavy atom. The van der Waals surface area contributed by atoms with Crippen LogP contribution in [-0.4, -0.2) is 17.3 Å². The molecule has 0 spiro atoms. The van der Waals surface area contributed by atoms with E-state index in [4.69, 9.17) is 0 Å². The van der Waals surface area contributed by atoms with Gasteiger partial charge in [-0.25, -0.2) is 4.39 Å². The molecule has 0 aromatic heterocycles. The first-order valence-electron chi connectivity index (χ1n) is 5.28. The van der Waals surface area contributed by atoms with Gasteiger partial charge in [0.05, 0.1) is 5.56 Å². The van der Waals surface area contributed by atoms with Crippen molar-refractivity contribution in [1.29, 1.82) is 0 Å². The van der Waals surface area contributed by atoms with Crippen molar-refractivity contribution in [3.63, 3.8) is 0 Å². The lowest BCUT2D eigenvalue weighted by molar-refractivity contribution is 0.0926. The van der Waals surface area contributed by atoms with Gasteiger partial charge in [0, 0.05) is 15.8 Å². The van der Waals surface area contributed by atoms with Crippen LogP contribution in [0.5, 0.6) is 0 Å². The minimum absolute atomic E-state index is 0.0200. The number of hydrogen-bond donors (Lipinski definition) is 1. The van der Waals surface area contributed by atoms with E-state index in [0.29, 0.717) is 4.47 Å². The number of carbonyl (C=O) groups excluding carboxylic acids is 1. The number of hydrogen-bond acceptors (Lipinski definition) is 1. The van der Waals surface area contributed by atoms with Crippen molar-refractivity contribution < 1.29 is 9.18 Å². The molecular formula is C12H14Br2FNO. The molecule has 1 rings (SSSR count). The number of rotatable bonds is 4. The molecule has 2 unspecified atom stereocenters. The summed E-state index contributed by atoms with van der Waals surface area (Å²) in [5.74, 6) is -0.629. The Morgan fingerprint density at radius 2 is 2.12 bits per heavy atom. The van der Waals surface area contributed by atoms with Crippen molar-refractivity contribution in [1.82, 2.24) is 5.32 Å². The molecule has 0 saturated heterocycles. The van der Waals surface area contributed by atoms with Gasteiger partial charge >= 0.3 is 0 Å². The average molecular weight is 367 g/mol. The molecule has 5 heteroatoms. The summed E-state index contributed by atoms with van der Waals surface area (Å²) < 4.78 is 14.0. The van der Waals surface area contributed by atoms with Gasteiger partial charge in [0.1, 0.15) is 5.82 Å². The molecule has 94 valence electrons. The number of amides is 1. The fourth-order valence-electron chi connectivity index (χ4n) is 1.27. The highest BCUT2D eigenvalue weighted by Crippen LogP contribution is 2.20. The summed E-state index contributed by atoms with van der Waals surface area (Å²) in [4.78, 5) is 11.9. The van der Waals surface area contributed by atoms with E-state index in [2.05, 4.69) is 37.2 Å². The minimum Gasteiger partial charge on any atom is -0.349 e. The first kappa shape index (κ1) is 14.6. The third-order valence-electron chi connectivity index (χ3n) is 2.65. The maximum atomic E-state index is 13.5. The van der Waals surface area contributed by atoms with E-state index in [9.17, 15) is 9.18 Å². The maximum Gasteiger partial charge on any atom is 0.255 e. The molecule has 1 aromatic rings. The smallest absolute Gasteiger partial charge is 0.255 e. The van der Waals surface area contributed by atoms with Gasteiger partial charge < -0.3 is 5.32 Å². The molecule has 0 aliphatic carbocycles. The Kier molecular flexibility index (Phi) is 5.59. The topological polar surface area (TPSA) is 29.1 Å². The summed E-state index contributed by atoms with van der Waals surface area (Å²) in [5, 5.41) is 3.57. The quantitative estimate of drug-likeness (QED) is 0.808. The second-order valence-corrected chi connectivity index (χ2v) is 5.49. The van der Waals surface area contributed by atoms with Crippen LogP contribution in [-0.2, 0) is 0 Å². The van der Waals surface area contributed by atoms with Crippen LogP contribution in [0.25, 0.3) is 0 Å². The maximum absolute atomic E-state index is 13.5. The van der Waals surface area contributed by atoms with Gasteiger partial charge in [0.2, 0.25) is 0 Å². The monoisotopic (exact) mass is 365 g/mol. The van der Waals surface area contributed by atoms with E-state index in [-0.39, 0.29) is 17.5 Å². The van der Waals surface area contributed by atoms with Gasteiger partial charge in [-0.05, 0) is 40.9 Å². The normalized spacial score (nSPS) is 14.2. The first-order chi connectivity index (χ1) is 7.97. The van der Waals surface area contributed by atoms with Crippen molar-refractivity contribution >= 4 is 37.8 Å². The Labute approximate surface area is 117 Å². The van der Waals surface area contributed by atoms with Crippen molar-refractivity contribution in [3.8, 4) is 0 Å². The van der Waals surface area contributed by atoms with Crippen molar-refractivity contribution in [2.75, 3.05) is 5.33 Å². The van der Waals surface area contributed by atoms with Crippen molar-refractivity contribution in [3.05, 3.63) is 34.1 Å². The summed E-state index contributed by atoms with van der Waals surface area (Å²) in [6.45, 7) is 3.91. The lowest BCUT2D eigenvalue weighted by Crippen LogP contribution is -2.38. The van der Waals surface area contributed by atoms with Crippen molar-refractivity contribution in [2.45, 2.75) is 19.9 Å². The zero-order valence-corrected chi connectivity index (χ0v) is 12.8. The highest BCUT2D eigenvalue weighted by molar-refractivity contribution is 9.10. The van der Waals surface area contributed by atoms with Crippen LogP contribution in [0.4, 0.5) is 4.39 Å². The lowest BCUT2D eigenvalue weighted by Gasteiger charge is -2.19. The van der Waals surface area contributed by atoms with Gasteiger partial charge in [0.15, 0.2) is 0 Å². The minimum atomic E-state index is -0.518. The Balaban J connectivity index is 2.84. The van der Waals surface area contributed by atoms with Crippen LogP contribution in [0.1, 0.15) is 24.2 Å². The second-order valence-electron chi connectivity index (χ2n) is 3.99. The Bertz CT molecular complexity index is 391. The average Bonchev–Trinajstić information content (AvgIpc) is 2.27. The predicted molar refractivity (Wildman–Crippen MR) is 74.0 cm³/mol. The van der Waals surface area contributed by atoms with Crippen LogP contribution in [0.2, 0.25) is 0 Å². The first-order valence-corrected chi connectivity index (χ1v) is 7.19. The molecule has 0 fully saturated rings. The molecule has 0 radical (unpaired) electrons. The standard InChI is InChI=1S/C12H14Br2FNO/c1-7(6-13)8(2)16-12(17)11-9(14)4-3-5-10(11)15/h3-5,7-8H,6H2,1-2H3,(H,16,17). The fraction of sp³-hybridized carbons (Fsp3) is 0.417. The molecule has 0 aliphatic rings. The number of nitrogens with one attached hydrogen (secondary N) is 1. The molecule has 2 atom stereocenters. The second kappa shape index (κ2) is 6.50. The molecule has 0 heterocycles. The van der Waals surface area contributed by atoms with Crippen LogP contribution in [0.3, 0.4) is 0 Å². The SMILES string of the molecule is CC(CBr)C(C)NC(=O)c1c(F)cccc1Br. The summed E-state index contributed by atoms with van der Waals surface area (Å²) in [6, 6.07) is 4.46. The number of alkyl halides is 1. The van der Waals surface area contributed by atoms with Gasteiger partial charge in [-0.3, -0.25) is 4.79 Å². The van der Waals surface area contributed by atoms with E-state index in [1.807, 2.05) is 13.8 Å². The predicted octanol–water partition coefficient (Wildman–Crippen LogP) is 3.74. The lowest BCUT2D eigenvalue weighted by atomic mass is 10.1. The third kappa shape index (κ3) is 3.78. The van der Waals surface area contributed by atoms with E-state index in [0.717, 1.165) is 5.33 Å².